The standard InChI is InChI=1S/C14H22BrNOS/c1-4-16-11(2)13-7-6-12(10-14(13)15)18-9-5-8-17-3/h6-7,10-11,16H,4-5,8-9H2,1-3H3. The Hall–Kier alpha value is -0.0300. The lowest BCUT2D eigenvalue weighted by Crippen LogP contribution is -2.18. The van der Waals surface area contributed by atoms with Gasteiger partial charge in [-0.2, -0.15) is 0 Å². The Morgan fingerprint density at radius 2 is 2.22 bits per heavy atom. The number of halogens is 1. The molecule has 0 saturated heterocycles. The van der Waals surface area contributed by atoms with Crippen LogP contribution in [0.1, 0.15) is 31.9 Å². The summed E-state index contributed by atoms with van der Waals surface area (Å²) in [6.45, 7) is 6.14. The van der Waals surface area contributed by atoms with Gasteiger partial charge in [0.05, 0.1) is 0 Å². The van der Waals surface area contributed by atoms with E-state index in [0.29, 0.717) is 6.04 Å². The van der Waals surface area contributed by atoms with Crippen LogP contribution in [0.3, 0.4) is 0 Å². The van der Waals surface area contributed by atoms with Gasteiger partial charge in [0.2, 0.25) is 0 Å². The van der Waals surface area contributed by atoms with Crippen molar-refractivity contribution >= 4 is 27.7 Å². The molecule has 0 heterocycles. The fraction of sp³-hybridized carbons (Fsp3) is 0.571. The minimum atomic E-state index is 0.386. The average Bonchev–Trinajstić information content (AvgIpc) is 2.35. The zero-order valence-electron chi connectivity index (χ0n) is 11.3. The largest absolute Gasteiger partial charge is 0.385 e. The fourth-order valence-electron chi connectivity index (χ4n) is 1.76. The molecule has 18 heavy (non-hydrogen) atoms. The first kappa shape index (κ1) is 16.0. The summed E-state index contributed by atoms with van der Waals surface area (Å²) in [4.78, 5) is 1.31. The van der Waals surface area contributed by atoms with Crippen LogP contribution in [0.25, 0.3) is 0 Å². The third kappa shape index (κ3) is 5.31. The summed E-state index contributed by atoms with van der Waals surface area (Å²) in [5, 5.41) is 3.43. The monoisotopic (exact) mass is 331 g/mol. The van der Waals surface area contributed by atoms with Crippen LogP contribution in [0.5, 0.6) is 0 Å². The molecular weight excluding hydrogens is 310 g/mol. The molecule has 1 aromatic rings. The maximum absolute atomic E-state index is 5.05. The maximum Gasteiger partial charge on any atom is 0.0470 e. The number of nitrogens with one attached hydrogen (secondary N) is 1. The Morgan fingerprint density at radius 1 is 1.44 bits per heavy atom. The summed E-state index contributed by atoms with van der Waals surface area (Å²) < 4.78 is 6.24. The first-order valence-electron chi connectivity index (χ1n) is 6.33. The molecule has 0 fully saturated rings. The quantitative estimate of drug-likeness (QED) is 0.568. The van der Waals surface area contributed by atoms with Crippen LogP contribution in [-0.2, 0) is 4.74 Å². The predicted octanol–water partition coefficient (Wildman–Crippen LogP) is 4.25. The van der Waals surface area contributed by atoms with Crippen LogP contribution in [0.4, 0.5) is 0 Å². The SMILES string of the molecule is CCNC(C)c1ccc(SCCCOC)cc1Br. The van der Waals surface area contributed by atoms with E-state index in [2.05, 4.69) is 53.3 Å². The van der Waals surface area contributed by atoms with Crippen molar-refractivity contribution in [2.24, 2.45) is 0 Å². The van der Waals surface area contributed by atoms with Crippen LogP contribution >= 0.6 is 27.7 Å². The number of methoxy groups -OCH3 is 1. The molecule has 1 rings (SSSR count). The third-order valence-corrected chi connectivity index (χ3v) is 4.48. The van der Waals surface area contributed by atoms with Gasteiger partial charge in [-0.05, 0) is 37.6 Å². The van der Waals surface area contributed by atoms with Gasteiger partial charge in [0, 0.05) is 34.9 Å². The molecule has 102 valence electrons. The predicted molar refractivity (Wildman–Crippen MR) is 83.5 cm³/mol. The van der Waals surface area contributed by atoms with Gasteiger partial charge in [-0.15, -0.1) is 11.8 Å². The van der Waals surface area contributed by atoms with Gasteiger partial charge in [-0.1, -0.05) is 28.9 Å². The minimum absolute atomic E-state index is 0.386. The van der Waals surface area contributed by atoms with E-state index in [4.69, 9.17) is 4.74 Å². The number of thioether (sulfide) groups is 1. The van der Waals surface area contributed by atoms with E-state index < -0.39 is 0 Å². The molecule has 4 heteroatoms. The van der Waals surface area contributed by atoms with Gasteiger partial charge in [0.25, 0.3) is 0 Å². The van der Waals surface area contributed by atoms with E-state index >= 15 is 0 Å². The van der Waals surface area contributed by atoms with Crippen molar-refractivity contribution in [3.05, 3.63) is 28.2 Å². The van der Waals surface area contributed by atoms with Gasteiger partial charge in [0.15, 0.2) is 0 Å². The molecule has 1 unspecified atom stereocenters. The minimum Gasteiger partial charge on any atom is -0.385 e. The molecule has 1 atom stereocenters. The normalized spacial score (nSPS) is 12.7. The highest BCUT2D eigenvalue weighted by atomic mass is 79.9. The van der Waals surface area contributed by atoms with E-state index in [1.54, 1.807) is 7.11 Å². The van der Waals surface area contributed by atoms with Gasteiger partial charge >= 0.3 is 0 Å². The van der Waals surface area contributed by atoms with E-state index in [1.165, 1.54) is 14.9 Å². The second-order valence-corrected chi connectivity index (χ2v) is 6.18. The first-order chi connectivity index (χ1) is 8.69. The van der Waals surface area contributed by atoms with E-state index in [1.807, 2.05) is 11.8 Å². The molecule has 0 radical (unpaired) electrons. The van der Waals surface area contributed by atoms with Crippen molar-refractivity contribution < 1.29 is 4.74 Å². The lowest BCUT2D eigenvalue weighted by atomic mass is 10.1. The Labute approximate surface area is 123 Å². The summed E-state index contributed by atoms with van der Waals surface area (Å²) >= 11 is 5.54. The average molecular weight is 332 g/mol. The van der Waals surface area contributed by atoms with E-state index in [9.17, 15) is 0 Å². The van der Waals surface area contributed by atoms with E-state index in [-0.39, 0.29) is 0 Å². The van der Waals surface area contributed by atoms with Gasteiger partial charge in [0.1, 0.15) is 0 Å². The van der Waals surface area contributed by atoms with Crippen molar-refractivity contribution in [1.29, 1.82) is 0 Å². The second kappa shape index (κ2) is 8.97. The molecule has 0 spiro atoms. The third-order valence-electron chi connectivity index (χ3n) is 2.71. The molecule has 1 aromatic carbocycles. The highest BCUT2D eigenvalue weighted by molar-refractivity contribution is 9.10. The number of ether oxygens (including phenoxy) is 1. The van der Waals surface area contributed by atoms with Gasteiger partial charge in [-0.3, -0.25) is 0 Å². The van der Waals surface area contributed by atoms with Crippen LogP contribution in [0.2, 0.25) is 0 Å². The smallest absolute Gasteiger partial charge is 0.0470 e. The van der Waals surface area contributed by atoms with Gasteiger partial charge in [-0.25, -0.2) is 0 Å². The first-order valence-corrected chi connectivity index (χ1v) is 8.11. The lowest BCUT2D eigenvalue weighted by molar-refractivity contribution is 0.200. The van der Waals surface area contributed by atoms with Gasteiger partial charge < -0.3 is 10.1 Å². The zero-order valence-corrected chi connectivity index (χ0v) is 13.7. The van der Waals surface area contributed by atoms with Crippen molar-refractivity contribution in [1.82, 2.24) is 5.32 Å². The molecule has 0 bridgehead atoms. The van der Waals surface area contributed by atoms with Crippen LogP contribution in [0, 0.1) is 0 Å². The summed E-state index contributed by atoms with van der Waals surface area (Å²) in [6.07, 6.45) is 1.09. The molecule has 0 aliphatic rings. The van der Waals surface area contributed by atoms with Crippen LogP contribution < -0.4 is 5.32 Å². The molecule has 2 nitrogen and oxygen atoms in total. The summed E-state index contributed by atoms with van der Waals surface area (Å²) in [6, 6.07) is 7.00. The van der Waals surface area contributed by atoms with Crippen molar-refractivity contribution in [2.75, 3.05) is 26.0 Å². The Kier molecular flexibility index (Phi) is 7.98. The summed E-state index contributed by atoms with van der Waals surface area (Å²) in [5.41, 5.74) is 1.32. The van der Waals surface area contributed by atoms with Crippen molar-refractivity contribution in [3.8, 4) is 0 Å². The highest BCUT2D eigenvalue weighted by Gasteiger charge is 2.08. The molecule has 0 aliphatic heterocycles. The number of rotatable bonds is 8. The molecule has 0 saturated carbocycles. The number of hydrogen-bond donors (Lipinski definition) is 1. The number of benzene rings is 1. The molecule has 0 aromatic heterocycles. The van der Waals surface area contributed by atoms with Crippen molar-refractivity contribution in [2.45, 2.75) is 31.2 Å². The zero-order chi connectivity index (χ0) is 13.4. The molecular formula is C14H22BrNOS. The summed E-state index contributed by atoms with van der Waals surface area (Å²) in [7, 11) is 1.75. The van der Waals surface area contributed by atoms with Crippen LogP contribution in [0.15, 0.2) is 27.6 Å². The Bertz CT molecular complexity index is 360. The molecule has 1 N–H and O–H groups in total. The fourth-order valence-corrected chi connectivity index (χ4v) is 3.50. The highest BCUT2D eigenvalue weighted by Crippen LogP contribution is 2.29. The summed E-state index contributed by atoms with van der Waals surface area (Å²) in [5.74, 6) is 1.10. The van der Waals surface area contributed by atoms with Crippen LogP contribution in [-0.4, -0.2) is 26.0 Å². The molecule has 0 amide bonds. The number of hydrogen-bond acceptors (Lipinski definition) is 3. The Morgan fingerprint density at radius 3 is 2.83 bits per heavy atom. The van der Waals surface area contributed by atoms with E-state index in [0.717, 1.165) is 25.3 Å². The Balaban J connectivity index is 2.56. The van der Waals surface area contributed by atoms with Crippen molar-refractivity contribution in [3.63, 3.8) is 0 Å². The molecule has 0 aliphatic carbocycles. The topological polar surface area (TPSA) is 21.3 Å². The second-order valence-electron chi connectivity index (χ2n) is 4.16. The maximum atomic E-state index is 5.05. The lowest BCUT2D eigenvalue weighted by Gasteiger charge is -2.15.